The molecule has 0 aliphatic heterocycles. The van der Waals surface area contributed by atoms with Gasteiger partial charge in [-0.1, -0.05) is 28.9 Å². The highest BCUT2D eigenvalue weighted by molar-refractivity contribution is 6.32. The highest BCUT2D eigenvalue weighted by Gasteiger charge is 2.45. The fourth-order valence-electron chi connectivity index (χ4n) is 3.46. The van der Waals surface area contributed by atoms with Crippen molar-refractivity contribution in [2.24, 2.45) is 0 Å². The molecular weight excluding hydrogens is 406 g/mol. The largest absolute Gasteiger partial charge is 0.488 e. The lowest BCUT2D eigenvalue weighted by Crippen LogP contribution is -2.22. The number of fused-ring (bicyclic) bond motifs is 1. The molecule has 0 radical (unpaired) electrons. The van der Waals surface area contributed by atoms with Crippen molar-refractivity contribution in [2.45, 2.75) is 38.8 Å². The van der Waals surface area contributed by atoms with E-state index >= 15 is 0 Å². The molecule has 0 saturated heterocycles. The lowest BCUT2D eigenvalue weighted by atomic mass is 10.2. The van der Waals surface area contributed by atoms with Crippen LogP contribution in [-0.2, 0) is 6.54 Å². The smallest absolute Gasteiger partial charge is 0.263 e. The molecule has 9 heteroatoms. The van der Waals surface area contributed by atoms with Gasteiger partial charge in [-0.25, -0.2) is 9.97 Å². The average molecular weight is 424 g/mol. The molecule has 0 N–H and O–H groups in total. The van der Waals surface area contributed by atoms with E-state index in [1.807, 2.05) is 26.0 Å². The predicted octanol–water partition coefficient (Wildman–Crippen LogP) is 3.43. The van der Waals surface area contributed by atoms with E-state index in [0.717, 1.165) is 17.5 Å². The Labute approximate surface area is 176 Å². The number of halogens is 1. The van der Waals surface area contributed by atoms with Crippen LogP contribution in [0.4, 0.5) is 0 Å². The Morgan fingerprint density at radius 1 is 1.23 bits per heavy atom. The van der Waals surface area contributed by atoms with Crippen LogP contribution in [0.3, 0.4) is 0 Å². The topological polar surface area (TPSA) is 95.9 Å². The Balaban J connectivity index is 1.33. The summed E-state index contributed by atoms with van der Waals surface area (Å²) < 4.78 is 12.9. The summed E-state index contributed by atoms with van der Waals surface area (Å²) in [5.41, 5.74) is 2.04. The third-order valence-electron chi connectivity index (χ3n) is 5.22. The van der Waals surface area contributed by atoms with Gasteiger partial charge in [0, 0.05) is 6.20 Å². The summed E-state index contributed by atoms with van der Waals surface area (Å²) in [5, 5.41) is 5.15. The fourth-order valence-corrected chi connectivity index (χ4v) is 3.72. The van der Waals surface area contributed by atoms with Crippen molar-refractivity contribution in [3.05, 3.63) is 75.0 Å². The molecule has 0 unspecified atom stereocenters. The first-order valence-electron chi connectivity index (χ1n) is 9.56. The van der Waals surface area contributed by atoms with Gasteiger partial charge in [-0.2, -0.15) is 4.98 Å². The second-order valence-electron chi connectivity index (χ2n) is 7.43. The normalized spacial score (nSPS) is 18.0. The number of pyridine rings is 1. The minimum Gasteiger partial charge on any atom is -0.488 e. The number of aromatic nitrogens is 5. The van der Waals surface area contributed by atoms with E-state index in [1.54, 1.807) is 18.3 Å². The summed E-state index contributed by atoms with van der Waals surface area (Å²) in [4.78, 5) is 25.6. The lowest BCUT2D eigenvalue weighted by molar-refractivity contribution is 0.291. The Hall–Kier alpha value is -3.26. The third-order valence-corrected chi connectivity index (χ3v) is 5.52. The summed E-state index contributed by atoms with van der Waals surface area (Å²) >= 11 is 6.24. The minimum atomic E-state index is -0.188. The predicted molar refractivity (Wildman–Crippen MR) is 110 cm³/mol. The van der Waals surface area contributed by atoms with Crippen molar-refractivity contribution >= 4 is 22.6 Å². The van der Waals surface area contributed by atoms with Crippen LogP contribution in [0.5, 0.6) is 5.75 Å². The van der Waals surface area contributed by atoms with E-state index in [-0.39, 0.29) is 24.1 Å². The van der Waals surface area contributed by atoms with Crippen molar-refractivity contribution in [3.63, 3.8) is 0 Å². The first-order chi connectivity index (χ1) is 14.5. The summed E-state index contributed by atoms with van der Waals surface area (Å²) in [6.07, 6.45) is 3.82. The number of hydrogen-bond acceptors (Lipinski definition) is 7. The molecule has 1 saturated carbocycles. The van der Waals surface area contributed by atoms with E-state index in [9.17, 15) is 4.79 Å². The third kappa shape index (κ3) is 3.33. The van der Waals surface area contributed by atoms with Crippen LogP contribution in [0.2, 0.25) is 5.02 Å². The summed E-state index contributed by atoms with van der Waals surface area (Å²) in [7, 11) is 0. The minimum absolute atomic E-state index is 0.0380. The van der Waals surface area contributed by atoms with Crippen LogP contribution in [-0.4, -0.2) is 30.8 Å². The molecule has 1 fully saturated rings. The first kappa shape index (κ1) is 18.7. The van der Waals surface area contributed by atoms with E-state index in [0.29, 0.717) is 33.5 Å². The number of hydrogen-bond donors (Lipinski definition) is 0. The Kier molecular flexibility index (Phi) is 4.51. The summed E-state index contributed by atoms with van der Waals surface area (Å²) in [6, 6.07) is 7.44. The van der Waals surface area contributed by atoms with E-state index in [1.165, 1.54) is 10.9 Å². The number of aryl methyl sites for hydroxylation is 2. The van der Waals surface area contributed by atoms with Crippen molar-refractivity contribution in [2.75, 3.05) is 0 Å². The molecule has 5 rings (SSSR count). The van der Waals surface area contributed by atoms with E-state index < -0.39 is 0 Å². The Morgan fingerprint density at radius 2 is 2.10 bits per heavy atom. The number of para-hydroxylation sites is 1. The lowest BCUT2D eigenvalue weighted by Gasteiger charge is -2.09. The van der Waals surface area contributed by atoms with Gasteiger partial charge in [-0.05, 0) is 43.5 Å². The maximum Gasteiger partial charge on any atom is 0.263 e. The average Bonchev–Trinajstić information content (AvgIpc) is 3.34. The second kappa shape index (κ2) is 7.21. The van der Waals surface area contributed by atoms with Gasteiger partial charge in [0.25, 0.3) is 5.56 Å². The van der Waals surface area contributed by atoms with Crippen molar-refractivity contribution < 1.29 is 9.26 Å². The molecule has 0 spiro atoms. The van der Waals surface area contributed by atoms with Gasteiger partial charge in [0.05, 0.1) is 16.3 Å². The quantitative estimate of drug-likeness (QED) is 0.485. The van der Waals surface area contributed by atoms with Crippen molar-refractivity contribution in [1.29, 1.82) is 0 Å². The van der Waals surface area contributed by atoms with Crippen molar-refractivity contribution in [1.82, 2.24) is 24.7 Å². The number of rotatable bonds is 5. The molecular formula is C21H18ClN5O3. The van der Waals surface area contributed by atoms with E-state index in [4.69, 9.17) is 20.9 Å². The van der Waals surface area contributed by atoms with Gasteiger partial charge in [-0.15, -0.1) is 0 Å². The van der Waals surface area contributed by atoms with Gasteiger partial charge >= 0.3 is 0 Å². The van der Waals surface area contributed by atoms with E-state index in [2.05, 4.69) is 20.1 Å². The molecule has 0 amide bonds. The number of ether oxygens (including phenoxy) is 1. The highest BCUT2D eigenvalue weighted by Crippen LogP contribution is 2.44. The molecule has 1 aromatic carbocycles. The van der Waals surface area contributed by atoms with Gasteiger partial charge < -0.3 is 9.26 Å². The first-order valence-corrected chi connectivity index (χ1v) is 9.94. The summed E-state index contributed by atoms with van der Waals surface area (Å²) in [6.45, 7) is 3.96. The Morgan fingerprint density at radius 3 is 2.93 bits per heavy atom. The molecule has 152 valence electrons. The molecule has 3 aromatic heterocycles. The highest BCUT2D eigenvalue weighted by atomic mass is 35.5. The SMILES string of the molecule is Cc1cccc(Cl)c1O[C@@H]1C[C@H]1c1noc(Cn2cnc3nccc(C)c3c2=O)n1. The molecule has 2 atom stereocenters. The van der Waals surface area contributed by atoms with Crippen LogP contribution in [0, 0.1) is 13.8 Å². The van der Waals surface area contributed by atoms with Crippen LogP contribution in [0.25, 0.3) is 11.0 Å². The summed E-state index contributed by atoms with van der Waals surface area (Å²) in [5.74, 6) is 1.64. The maximum absolute atomic E-state index is 12.8. The zero-order valence-electron chi connectivity index (χ0n) is 16.4. The van der Waals surface area contributed by atoms with Crippen LogP contribution >= 0.6 is 11.6 Å². The van der Waals surface area contributed by atoms with Crippen LogP contribution in [0.1, 0.15) is 35.2 Å². The monoisotopic (exact) mass is 423 g/mol. The van der Waals surface area contributed by atoms with Gasteiger partial charge in [0.15, 0.2) is 11.5 Å². The molecule has 3 heterocycles. The second-order valence-corrected chi connectivity index (χ2v) is 7.84. The molecule has 0 bridgehead atoms. The molecule has 4 aromatic rings. The van der Waals surface area contributed by atoms with Crippen molar-refractivity contribution in [3.8, 4) is 5.75 Å². The number of benzene rings is 1. The Bertz CT molecular complexity index is 1300. The zero-order chi connectivity index (χ0) is 20.8. The standard InChI is InChI=1S/C21H18ClN5O3/c1-11-6-7-23-20-17(11)21(28)27(10-24-20)9-16-25-19(26-30-16)13-8-15(13)29-18-12(2)4-3-5-14(18)22/h3-7,10,13,15H,8-9H2,1-2H3/t13-,15-/m1/s1. The number of nitrogens with zero attached hydrogens (tertiary/aromatic N) is 5. The fraction of sp³-hybridized carbons (Fsp3) is 0.286. The molecule has 30 heavy (non-hydrogen) atoms. The molecule has 1 aliphatic rings. The maximum atomic E-state index is 12.8. The van der Waals surface area contributed by atoms with Gasteiger partial charge in [-0.3, -0.25) is 9.36 Å². The molecule has 8 nitrogen and oxygen atoms in total. The molecule has 1 aliphatic carbocycles. The zero-order valence-corrected chi connectivity index (χ0v) is 17.1. The van der Waals surface area contributed by atoms with Gasteiger partial charge in [0.1, 0.15) is 24.7 Å². The van der Waals surface area contributed by atoms with Crippen LogP contribution < -0.4 is 10.3 Å². The van der Waals surface area contributed by atoms with Crippen LogP contribution in [0.15, 0.2) is 46.1 Å². The van der Waals surface area contributed by atoms with Gasteiger partial charge in [0.2, 0.25) is 5.89 Å².